The molecule has 7 nitrogen and oxygen atoms in total. The lowest BCUT2D eigenvalue weighted by atomic mass is 10.2. The Morgan fingerprint density at radius 1 is 1.29 bits per heavy atom. The first-order chi connectivity index (χ1) is 8.04. The summed E-state index contributed by atoms with van der Waals surface area (Å²) in [6.45, 7) is 4.31. The molecular weight excluding hydrogens is 226 g/mol. The van der Waals surface area contributed by atoms with Crippen molar-refractivity contribution >= 4 is 11.9 Å². The van der Waals surface area contributed by atoms with Crippen LogP contribution in [0.15, 0.2) is 6.20 Å². The molecule has 92 valence electrons. The summed E-state index contributed by atoms with van der Waals surface area (Å²) in [5.41, 5.74) is 0.986. The molecule has 0 bridgehead atoms. The molecule has 1 rings (SSSR count). The number of hydrogen-bond acceptors (Lipinski definition) is 7. The smallest absolute Gasteiger partial charge is 0.305 e. The van der Waals surface area contributed by atoms with E-state index in [2.05, 4.69) is 15.4 Å². The largest absolute Gasteiger partial charge is 0.421 e. The van der Waals surface area contributed by atoms with E-state index in [0.29, 0.717) is 17.7 Å². The van der Waals surface area contributed by atoms with Crippen molar-refractivity contribution in [1.29, 1.82) is 0 Å². The highest BCUT2D eigenvalue weighted by molar-refractivity contribution is 5.68. The SMILES string of the molecule is CCc1nnncc1C(OC(C)=O)OC(C)=O. The summed E-state index contributed by atoms with van der Waals surface area (Å²) in [5.74, 6) is -1.12. The van der Waals surface area contributed by atoms with Crippen LogP contribution < -0.4 is 0 Å². The number of rotatable bonds is 4. The Kier molecular flexibility index (Phi) is 4.50. The molecule has 17 heavy (non-hydrogen) atoms. The molecule has 0 saturated heterocycles. The Hall–Kier alpha value is -2.05. The predicted molar refractivity (Wildman–Crippen MR) is 55.5 cm³/mol. The molecule has 0 aromatic carbocycles. The molecule has 0 spiro atoms. The standard InChI is InChI=1S/C10H13N3O4/c1-4-9-8(5-11-13-12-9)10(16-6(2)14)17-7(3)15/h5,10H,4H2,1-3H3. The van der Waals surface area contributed by atoms with E-state index in [9.17, 15) is 9.59 Å². The molecule has 0 saturated carbocycles. The monoisotopic (exact) mass is 239 g/mol. The minimum atomic E-state index is -1.12. The van der Waals surface area contributed by atoms with Gasteiger partial charge in [0.25, 0.3) is 6.29 Å². The van der Waals surface area contributed by atoms with Crippen molar-refractivity contribution < 1.29 is 19.1 Å². The van der Waals surface area contributed by atoms with Gasteiger partial charge in [0.1, 0.15) is 0 Å². The minimum Gasteiger partial charge on any atom is -0.421 e. The molecule has 1 heterocycles. The number of hydrogen-bond donors (Lipinski definition) is 0. The van der Waals surface area contributed by atoms with Gasteiger partial charge in [-0.15, -0.1) is 10.2 Å². The fourth-order valence-corrected chi connectivity index (χ4v) is 1.22. The lowest BCUT2D eigenvalue weighted by molar-refractivity contribution is -0.186. The third kappa shape index (κ3) is 3.78. The topological polar surface area (TPSA) is 91.3 Å². The van der Waals surface area contributed by atoms with Crippen LogP contribution >= 0.6 is 0 Å². The van der Waals surface area contributed by atoms with Gasteiger partial charge in [0.05, 0.1) is 17.5 Å². The summed E-state index contributed by atoms with van der Waals surface area (Å²) in [6.07, 6.45) is 0.801. The number of ether oxygens (including phenoxy) is 2. The molecule has 1 aromatic rings. The predicted octanol–water partition coefficient (Wildman–Crippen LogP) is 0.559. The molecule has 0 aliphatic carbocycles. The lowest BCUT2D eigenvalue weighted by Crippen LogP contribution is -2.17. The molecule has 7 heteroatoms. The van der Waals surface area contributed by atoms with Gasteiger partial charge in [-0.1, -0.05) is 6.92 Å². The van der Waals surface area contributed by atoms with Crippen LogP contribution in [0.1, 0.15) is 38.3 Å². The summed E-state index contributed by atoms with van der Waals surface area (Å²) in [4.78, 5) is 21.9. The first-order valence-corrected chi connectivity index (χ1v) is 5.06. The zero-order valence-corrected chi connectivity index (χ0v) is 9.84. The van der Waals surface area contributed by atoms with Gasteiger partial charge in [0.2, 0.25) is 0 Å². The number of carbonyl (C=O) groups excluding carboxylic acids is 2. The molecule has 0 unspecified atom stereocenters. The number of esters is 2. The van der Waals surface area contributed by atoms with Crippen molar-refractivity contribution in [1.82, 2.24) is 15.4 Å². The fourth-order valence-electron chi connectivity index (χ4n) is 1.22. The zero-order valence-electron chi connectivity index (χ0n) is 9.84. The van der Waals surface area contributed by atoms with Gasteiger partial charge in [0.15, 0.2) is 0 Å². The van der Waals surface area contributed by atoms with Crippen molar-refractivity contribution in [2.75, 3.05) is 0 Å². The molecule has 0 radical (unpaired) electrons. The molecule has 0 amide bonds. The maximum atomic E-state index is 10.9. The number of nitrogens with zero attached hydrogens (tertiary/aromatic N) is 3. The second-order valence-electron chi connectivity index (χ2n) is 3.24. The highest BCUT2D eigenvalue weighted by Gasteiger charge is 2.22. The lowest BCUT2D eigenvalue weighted by Gasteiger charge is -2.17. The Morgan fingerprint density at radius 2 is 1.88 bits per heavy atom. The summed E-state index contributed by atoms with van der Waals surface area (Å²) in [5, 5.41) is 10.8. The van der Waals surface area contributed by atoms with E-state index >= 15 is 0 Å². The van der Waals surface area contributed by atoms with Crippen LogP contribution in [0.2, 0.25) is 0 Å². The molecule has 0 fully saturated rings. The Morgan fingerprint density at radius 3 is 2.35 bits per heavy atom. The number of aryl methyl sites for hydroxylation is 1. The summed E-state index contributed by atoms with van der Waals surface area (Å²) < 4.78 is 9.80. The van der Waals surface area contributed by atoms with E-state index < -0.39 is 18.2 Å². The van der Waals surface area contributed by atoms with E-state index in [4.69, 9.17) is 9.47 Å². The van der Waals surface area contributed by atoms with Crippen LogP contribution in [0.4, 0.5) is 0 Å². The summed E-state index contributed by atoms with van der Waals surface area (Å²) >= 11 is 0. The Bertz CT molecular complexity index is 406. The van der Waals surface area contributed by atoms with Crippen molar-refractivity contribution in [3.05, 3.63) is 17.5 Å². The first-order valence-electron chi connectivity index (χ1n) is 5.06. The van der Waals surface area contributed by atoms with E-state index in [1.54, 1.807) is 0 Å². The van der Waals surface area contributed by atoms with E-state index in [1.165, 1.54) is 20.0 Å². The Labute approximate surface area is 98.1 Å². The fraction of sp³-hybridized carbons (Fsp3) is 0.500. The van der Waals surface area contributed by atoms with Crippen LogP contribution in [-0.4, -0.2) is 27.3 Å². The van der Waals surface area contributed by atoms with Crippen LogP contribution in [0.3, 0.4) is 0 Å². The number of carbonyl (C=O) groups is 2. The molecular formula is C10H13N3O4. The van der Waals surface area contributed by atoms with Gasteiger partial charge < -0.3 is 9.47 Å². The third-order valence-corrected chi connectivity index (χ3v) is 1.88. The van der Waals surface area contributed by atoms with E-state index in [1.807, 2.05) is 6.92 Å². The van der Waals surface area contributed by atoms with Crippen LogP contribution in [0.25, 0.3) is 0 Å². The van der Waals surface area contributed by atoms with Gasteiger partial charge in [-0.3, -0.25) is 9.59 Å². The minimum absolute atomic E-state index is 0.424. The number of aromatic nitrogens is 3. The van der Waals surface area contributed by atoms with Gasteiger partial charge in [-0.25, -0.2) is 0 Å². The van der Waals surface area contributed by atoms with Crippen molar-refractivity contribution in [3.8, 4) is 0 Å². The summed E-state index contributed by atoms with van der Waals surface area (Å²) in [7, 11) is 0. The maximum Gasteiger partial charge on any atom is 0.305 e. The highest BCUT2D eigenvalue weighted by atomic mass is 16.7. The molecule has 0 atom stereocenters. The van der Waals surface area contributed by atoms with Gasteiger partial charge in [0, 0.05) is 13.8 Å². The average molecular weight is 239 g/mol. The normalized spacial score (nSPS) is 10.1. The Balaban J connectivity index is 3.02. The molecule has 0 aliphatic rings. The summed E-state index contributed by atoms with van der Waals surface area (Å²) in [6, 6.07) is 0. The molecule has 0 N–H and O–H groups in total. The zero-order chi connectivity index (χ0) is 12.8. The van der Waals surface area contributed by atoms with Gasteiger partial charge >= 0.3 is 11.9 Å². The van der Waals surface area contributed by atoms with E-state index in [-0.39, 0.29) is 0 Å². The second kappa shape index (κ2) is 5.88. The molecule has 0 aliphatic heterocycles. The van der Waals surface area contributed by atoms with Gasteiger partial charge in [-0.05, 0) is 11.6 Å². The van der Waals surface area contributed by atoms with Crippen LogP contribution in [0.5, 0.6) is 0 Å². The van der Waals surface area contributed by atoms with Crippen molar-refractivity contribution in [2.24, 2.45) is 0 Å². The van der Waals surface area contributed by atoms with Crippen molar-refractivity contribution in [2.45, 2.75) is 33.5 Å². The van der Waals surface area contributed by atoms with E-state index in [0.717, 1.165) is 0 Å². The first kappa shape index (κ1) is 13.0. The van der Waals surface area contributed by atoms with Crippen molar-refractivity contribution in [3.63, 3.8) is 0 Å². The van der Waals surface area contributed by atoms with Crippen LogP contribution in [0, 0.1) is 0 Å². The molecule has 1 aromatic heterocycles. The highest BCUT2D eigenvalue weighted by Crippen LogP contribution is 2.21. The second-order valence-corrected chi connectivity index (χ2v) is 3.24. The van der Waals surface area contributed by atoms with Gasteiger partial charge in [-0.2, -0.15) is 0 Å². The quantitative estimate of drug-likeness (QED) is 0.559. The maximum absolute atomic E-state index is 10.9. The third-order valence-electron chi connectivity index (χ3n) is 1.88. The average Bonchev–Trinajstić information content (AvgIpc) is 2.27. The van der Waals surface area contributed by atoms with Crippen LogP contribution in [-0.2, 0) is 25.5 Å².